The topological polar surface area (TPSA) is 67.2 Å². The Labute approximate surface area is 128 Å². The lowest BCUT2D eigenvalue weighted by molar-refractivity contribution is -0.116. The third-order valence-electron chi connectivity index (χ3n) is 3.72. The van der Waals surface area contributed by atoms with Gasteiger partial charge in [-0.2, -0.15) is 0 Å². The molecule has 1 amide bonds. The molecule has 0 aliphatic carbocycles. The number of hydrogen-bond acceptors (Lipinski definition) is 4. The number of amides is 1. The van der Waals surface area contributed by atoms with Crippen molar-refractivity contribution in [1.82, 2.24) is 9.55 Å². The van der Waals surface area contributed by atoms with Gasteiger partial charge in [0.25, 0.3) is 0 Å². The molecule has 6 heteroatoms. The molecule has 1 aromatic heterocycles. The molecule has 2 aromatic rings. The van der Waals surface area contributed by atoms with Crippen LogP contribution in [0.3, 0.4) is 0 Å². The summed E-state index contributed by atoms with van der Waals surface area (Å²) in [5.74, 6) is -0.246. The number of aromatic nitrogens is 2. The first-order valence-electron chi connectivity index (χ1n) is 7.39. The number of rotatable bonds is 4. The molecule has 3 rings (SSSR count). The van der Waals surface area contributed by atoms with Crippen LogP contribution in [0.1, 0.15) is 12.8 Å². The summed E-state index contributed by atoms with van der Waals surface area (Å²) in [7, 11) is 0. The van der Waals surface area contributed by atoms with E-state index in [-0.39, 0.29) is 12.5 Å². The number of anilines is 2. The maximum atomic E-state index is 12.0. The Balaban J connectivity index is 1.62. The highest BCUT2D eigenvalue weighted by molar-refractivity contribution is 5.90. The predicted octanol–water partition coefficient (Wildman–Crippen LogP) is 1.48. The van der Waals surface area contributed by atoms with Crippen LogP contribution in [0, 0.1) is 0 Å². The average Bonchev–Trinajstić information content (AvgIpc) is 3.05. The van der Waals surface area contributed by atoms with E-state index in [2.05, 4.69) is 15.2 Å². The normalized spacial score (nSPS) is 14.1. The van der Waals surface area contributed by atoms with Gasteiger partial charge in [0.1, 0.15) is 6.54 Å². The molecular weight excluding hydrogens is 280 g/mol. The second-order valence-electron chi connectivity index (χ2n) is 5.32. The highest BCUT2D eigenvalue weighted by Crippen LogP contribution is 2.21. The number of carbonyl (C=O) groups excluding carboxylic acids is 1. The number of nitrogens with zero attached hydrogens (tertiary/aromatic N) is 3. The van der Waals surface area contributed by atoms with E-state index in [0.29, 0.717) is 0 Å². The minimum Gasteiger partial charge on any atom is -0.372 e. The molecule has 0 radical (unpaired) electrons. The third-order valence-corrected chi connectivity index (χ3v) is 3.72. The Kier molecular flexibility index (Phi) is 4.18. The number of hydrogen-bond donors (Lipinski definition) is 1. The maximum absolute atomic E-state index is 12.0. The van der Waals surface area contributed by atoms with Crippen LogP contribution in [0.4, 0.5) is 11.4 Å². The first-order valence-corrected chi connectivity index (χ1v) is 7.39. The minimum atomic E-state index is -0.429. The third kappa shape index (κ3) is 3.33. The number of nitrogens with one attached hydrogen (secondary N) is 1. The van der Waals surface area contributed by atoms with Crippen molar-refractivity contribution < 1.29 is 4.79 Å². The van der Waals surface area contributed by atoms with Crippen molar-refractivity contribution in [2.45, 2.75) is 19.4 Å². The Morgan fingerprint density at radius 2 is 1.91 bits per heavy atom. The molecule has 1 aliphatic heterocycles. The number of benzene rings is 1. The second kappa shape index (κ2) is 6.43. The Morgan fingerprint density at radius 1 is 1.18 bits per heavy atom. The molecule has 22 heavy (non-hydrogen) atoms. The van der Waals surface area contributed by atoms with E-state index in [0.717, 1.165) is 18.8 Å². The Hall–Kier alpha value is -2.63. The van der Waals surface area contributed by atoms with Gasteiger partial charge in [0, 0.05) is 36.9 Å². The molecule has 0 atom stereocenters. The number of carbonyl (C=O) groups is 1. The van der Waals surface area contributed by atoms with Crippen LogP contribution in [0.5, 0.6) is 0 Å². The summed E-state index contributed by atoms with van der Waals surface area (Å²) < 4.78 is 1.27. The van der Waals surface area contributed by atoms with Gasteiger partial charge in [-0.15, -0.1) is 0 Å². The molecule has 1 fully saturated rings. The molecule has 1 N–H and O–H groups in total. The standard InChI is InChI=1S/C16H18N4O2/c21-15(12-20-11-3-8-17-16(20)22)18-13-4-6-14(7-5-13)19-9-1-2-10-19/h3-8,11H,1-2,9-10,12H2,(H,18,21). The summed E-state index contributed by atoms with van der Waals surface area (Å²) in [6.07, 6.45) is 5.43. The fraction of sp³-hybridized carbons (Fsp3) is 0.312. The molecule has 1 saturated heterocycles. The van der Waals surface area contributed by atoms with Gasteiger partial charge in [0.05, 0.1) is 0 Å². The first kappa shape index (κ1) is 14.3. The van der Waals surface area contributed by atoms with Gasteiger partial charge in [-0.1, -0.05) is 0 Å². The van der Waals surface area contributed by atoms with Gasteiger partial charge in [-0.05, 0) is 43.2 Å². The van der Waals surface area contributed by atoms with Gasteiger partial charge >= 0.3 is 5.69 Å². The lowest BCUT2D eigenvalue weighted by Crippen LogP contribution is -2.28. The van der Waals surface area contributed by atoms with Crippen molar-refractivity contribution in [2.75, 3.05) is 23.3 Å². The highest BCUT2D eigenvalue weighted by Gasteiger charge is 2.12. The van der Waals surface area contributed by atoms with Crippen LogP contribution in [-0.4, -0.2) is 28.5 Å². The first-order chi connectivity index (χ1) is 10.7. The molecular formula is C16H18N4O2. The largest absolute Gasteiger partial charge is 0.372 e. The molecule has 0 bridgehead atoms. The fourth-order valence-electron chi connectivity index (χ4n) is 2.59. The Morgan fingerprint density at radius 3 is 2.59 bits per heavy atom. The van der Waals surface area contributed by atoms with Crippen molar-refractivity contribution in [2.24, 2.45) is 0 Å². The quantitative estimate of drug-likeness (QED) is 0.928. The van der Waals surface area contributed by atoms with E-state index in [9.17, 15) is 9.59 Å². The van der Waals surface area contributed by atoms with Gasteiger partial charge in [0.2, 0.25) is 5.91 Å². The monoisotopic (exact) mass is 298 g/mol. The van der Waals surface area contributed by atoms with Crippen LogP contribution in [-0.2, 0) is 11.3 Å². The fourth-order valence-corrected chi connectivity index (χ4v) is 2.59. The summed E-state index contributed by atoms with van der Waals surface area (Å²) in [6.45, 7) is 2.14. The maximum Gasteiger partial charge on any atom is 0.347 e. The molecule has 0 saturated carbocycles. The lowest BCUT2D eigenvalue weighted by Gasteiger charge is -2.17. The van der Waals surface area contributed by atoms with E-state index < -0.39 is 5.69 Å². The highest BCUT2D eigenvalue weighted by atomic mass is 16.2. The summed E-state index contributed by atoms with van der Waals surface area (Å²) in [6, 6.07) is 9.42. The average molecular weight is 298 g/mol. The zero-order valence-electron chi connectivity index (χ0n) is 12.2. The van der Waals surface area contributed by atoms with Crippen molar-refractivity contribution >= 4 is 17.3 Å². The molecule has 0 spiro atoms. The van der Waals surface area contributed by atoms with Gasteiger partial charge in [-0.25, -0.2) is 9.78 Å². The summed E-state index contributed by atoms with van der Waals surface area (Å²) in [5, 5.41) is 2.79. The van der Waals surface area contributed by atoms with Crippen LogP contribution in [0.15, 0.2) is 47.5 Å². The molecule has 1 aromatic carbocycles. The Bertz CT molecular complexity index is 703. The van der Waals surface area contributed by atoms with Crippen molar-refractivity contribution in [3.63, 3.8) is 0 Å². The van der Waals surface area contributed by atoms with E-state index in [1.165, 1.54) is 29.3 Å². The zero-order valence-corrected chi connectivity index (χ0v) is 12.2. The molecule has 114 valence electrons. The zero-order chi connectivity index (χ0) is 15.4. The predicted molar refractivity (Wildman–Crippen MR) is 85.0 cm³/mol. The summed E-state index contributed by atoms with van der Waals surface area (Å²) in [4.78, 5) is 29.4. The SMILES string of the molecule is O=C(Cn1cccnc1=O)Nc1ccc(N2CCCC2)cc1. The van der Waals surface area contributed by atoms with Crippen LogP contribution < -0.4 is 15.9 Å². The van der Waals surface area contributed by atoms with Crippen LogP contribution >= 0.6 is 0 Å². The second-order valence-corrected chi connectivity index (χ2v) is 5.32. The minimum absolute atomic E-state index is 0.0411. The van der Waals surface area contributed by atoms with Crippen molar-refractivity contribution in [3.05, 3.63) is 53.2 Å². The van der Waals surface area contributed by atoms with Crippen molar-refractivity contribution in [3.8, 4) is 0 Å². The van der Waals surface area contributed by atoms with Gasteiger partial charge < -0.3 is 10.2 Å². The van der Waals surface area contributed by atoms with E-state index >= 15 is 0 Å². The molecule has 6 nitrogen and oxygen atoms in total. The van der Waals surface area contributed by atoms with Crippen LogP contribution in [0.2, 0.25) is 0 Å². The van der Waals surface area contributed by atoms with E-state index in [4.69, 9.17) is 0 Å². The lowest BCUT2D eigenvalue weighted by atomic mass is 10.2. The summed E-state index contributed by atoms with van der Waals surface area (Å²) in [5.41, 5.74) is 1.48. The smallest absolute Gasteiger partial charge is 0.347 e. The molecule has 0 unspecified atom stereocenters. The van der Waals surface area contributed by atoms with Gasteiger partial charge in [-0.3, -0.25) is 9.36 Å². The van der Waals surface area contributed by atoms with Gasteiger partial charge in [0.15, 0.2) is 0 Å². The van der Waals surface area contributed by atoms with E-state index in [1.807, 2.05) is 24.3 Å². The van der Waals surface area contributed by atoms with Crippen LogP contribution in [0.25, 0.3) is 0 Å². The molecule has 2 heterocycles. The summed E-state index contributed by atoms with van der Waals surface area (Å²) >= 11 is 0. The molecule has 1 aliphatic rings. The van der Waals surface area contributed by atoms with Crippen molar-refractivity contribution in [1.29, 1.82) is 0 Å². The van der Waals surface area contributed by atoms with E-state index in [1.54, 1.807) is 12.3 Å².